The molecule has 3 rings (SSSR count). The molecular weight excluding hydrogens is 325 g/mol. The molecule has 0 aromatic heterocycles. The van der Waals surface area contributed by atoms with E-state index in [1.165, 1.54) is 12.1 Å². The molecule has 4 N–H and O–H groups in total. The summed E-state index contributed by atoms with van der Waals surface area (Å²) < 4.78 is 42.2. The Labute approximate surface area is 144 Å². The van der Waals surface area contributed by atoms with Crippen molar-refractivity contribution in [2.45, 2.75) is 24.1 Å². The van der Waals surface area contributed by atoms with Crippen molar-refractivity contribution in [1.82, 2.24) is 0 Å². The lowest BCUT2D eigenvalue weighted by atomic mass is 9.68. The van der Waals surface area contributed by atoms with Crippen LogP contribution in [0.15, 0.2) is 78.5 Å². The average molecular weight is 344 g/mol. The van der Waals surface area contributed by atoms with Gasteiger partial charge in [0.25, 0.3) is 0 Å². The van der Waals surface area contributed by atoms with Gasteiger partial charge in [-0.1, -0.05) is 66.7 Å². The van der Waals surface area contributed by atoms with E-state index in [0.717, 1.165) is 0 Å². The van der Waals surface area contributed by atoms with E-state index in [-0.39, 0.29) is 12.0 Å². The molecule has 2 aromatic rings. The molecule has 2 atom stereocenters. The van der Waals surface area contributed by atoms with E-state index < -0.39 is 17.6 Å². The summed E-state index contributed by atoms with van der Waals surface area (Å²) in [6, 6.07) is 16.7. The molecule has 1 aliphatic carbocycles. The summed E-state index contributed by atoms with van der Waals surface area (Å²) in [5.41, 5.74) is 12.3. The van der Waals surface area contributed by atoms with Crippen molar-refractivity contribution in [1.29, 1.82) is 0 Å². The fourth-order valence-corrected chi connectivity index (χ4v) is 3.42. The van der Waals surface area contributed by atoms with Gasteiger partial charge in [0.05, 0.1) is 5.54 Å². The molecule has 25 heavy (non-hydrogen) atoms. The van der Waals surface area contributed by atoms with Crippen LogP contribution in [-0.2, 0) is 0 Å². The van der Waals surface area contributed by atoms with Gasteiger partial charge in [-0.2, -0.15) is 13.2 Å². The number of alkyl halides is 3. The minimum Gasteiger partial charge on any atom is -0.399 e. The average Bonchev–Trinajstić information content (AvgIpc) is 2.58. The van der Waals surface area contributed by atoms with E-state index in [9.17, 15) is 13.2 Å². The van der Waals surface area contributed by atoms with Crippen LogP contribution in [0, 0.1) is 0 Å². The van der Waals surface area contributed by atoms with E-state index in [2.05, 4.69) is 0 Å². The molecule has 0 fully saturated rings. The van der Waals surface area contributed by atoms with Crippen molar-refractivity contribution >= 4 is 5.57 Å². The fourth-order valence-electron chi connectivity index (χ4n) is 3.42. The number of allylic oxidation sites excluding steroid dienone is 1. The highest BCUT2D eigenvalue weighted by molar-refractivity contribution is 5.78. The molecule has 0 saturated heterocycles. The fraction of sp³-hybridized carbons (Fsp3) is 0.200. The quantitative estimate of drug-likeness (QED) is 0.869. The van der Waals surface area contributed by atoms with E-state index in [1.807, 2.05) is 6.07 Å². The van der Waals surface area contributed by atoms with Crippen molar-refractivity contribution in [2.75, 3.05) is 0 Å². The van der Waals surface area contributed by atoms with Gasteiger partial charge in [-0.05, 0) is 29.2 Å². The molecule has 2 unspecified atom stereocenters. The highest BCUT2D eigenvalue weighted by atomic mass is 19.4. The second-order valence-electron chi connectivity index (χ2n) is 6.26. The summed E-state index contributed by atoms with van der Waals surface area (Å²) in [6.45, 7) is 0. The van der Waals surface area contributed by atoms with Gasteiger partial charge < -0.3 is 11.5 Å². The van der Waals surface area contributed by atoms with E-state index in [1.54, 1.807) is 54.6 Å². The summed E-state index contributed by atoms with van der Waals surface area (Å²) in [6.07, 6.45) is -1.36. The normalized spacial score (nSPS) is 22.1. The Balaban J connectivity index is 2.18. The van der Waals surface area contributed by atoms with Gasteiger partial charge >= 0.3 is 6.18 Å². The first kappa shape index (κ1) is 17.3. The molecule has 1 aliphatic rings. The van der Waals surface area contributed by atoms with Gasteiger partial charge in [-0.25, -0.2) is 0 Å². The number of nitrogens with two attached hydrogens (primary N) is 2. The largest absolute Gasteiger partial charge is 0.399 e. The van der Waals surface area contributed by atoms with Crippen LogP contribution in [0.4, 0.5) is 13.2 Å². The van der Waals surface area contributed by atoms with Crippen molar-refractivity contribution in [3.63, 3.8) is 0 Å². The van der Waals surface area contributed by atoms with Gasteiger partial charge in [0, 0.05) is 5.70 Å². The van der Waals surface area contributed by atoms with Crippen LogP contribution < -0.4 is 11.5 Å². The second kappa shape index (κ2) is 6.41. The first-order valence-electron chi connectivity index (χ1n) is 7.96. The lowest BCUT2D eigenvalue weighted by Gasteiger charge is -2.42. The third kappa shape index (κ3) is 3.33. The van der Waals surface area contributed by atoms with E-state index in [0.29, 0.717) is 16.8 Å². The zero-order valence-corrected chi connectivity index (χ0v) is 13.5. The minimum absolute atomic E-state index is 0.0125. The van der Waals surface area contributed by atoms with Crippen molar-refractivity contribution < 1.29 is 13.2 Å². The van der Waals surface area contributed by atoms with Crippen LogP contribution in [0.3, 0.4) is 0 Å². The summed E-state index contributed by atoms with van der Waals surface area (Å²) in [5, 5.41) is 0. The molecule has 0 spiro atoms. The van der Waals surface area contributed by atoms with Crippen molar-refractivity contribution in [3.05, 3.63) is 89.6 Å². The van der Waals surface area contributed by atoms with Gasteiger partial charge in [-0.3, -0.25) is 0 Å². The van der Waals surface area contributed by atoms with Crippen molar-refractivity contribution in [2.24, 2.45) is 11.5 Å². The van der Waals surface area contributed by atoms with Gasteiger partial charge in [0.2, 0.25) is 0 Å². The molecule has 0 bridgehead atoms. The summed E-state index contributed by atoms with van der Waals surface area (Å²) in [7, 11) is 0. The zero-order valence-electron chi connectivity index (χ0n) is 13.5. The Kier molecular flexibility index (Phi) is 4.43. The van der Waals surface area contributed by atoms with Crippen LogP contribution in [0.5, 0.6) is 0 Å². The summed E-state index contributed by atoms with van der Waals surface area (Å²) in [5.74, 6) is -1.84. The molecule has 0 saturated carbocycles. The van der Waals surface area contributed by atoms with Gasteiger partial charge in [0.1, 0.15) is 5.92 Å². The van der Waals surface area contributed by atoms with E-state index >= 15 is 0 Å². The molecule has 0 radical (unpaired) electrons. The Hall–Kier alpha value is -2.53. The van der Waals surface area contributed by atoms with Crippen LogP contribution in [0.25, 0.3) is 5.57 Å². The third-order valence-corrected chi connectivity index (χ3v) is 4.55. The maximum Gasteiger partial charge on any atom is 0.397 e. The first-order chi connectivity index (χ1) is 11.8. The van der Waals surface area contributed by atoms with Crippen LogP contribution in [-0.4, -0.2) is 11.7 Å². The third-order valence-electron chi connectivity index (χ3n) is 4.55. The number of benzene rings is 2. The van der Waals surface area contributed by atoms with Gasteiger partial charge in [0.15, 0.2) is 0 Å². The SMILES string of the molecule is NC1=CCC(N)(C(c2ccccc2)C(F)(F)F)C(c2ccccc2)=C1. The predicted octanol–water partition coefficient (Wildman–Crippen LogP) is 4.36. The smallest absolute Gasteiger partial charge is 0.397 e. The standard InChI is InChI=1S/C20H19F3N2/c21-20(22,23)18(15-9-5-2-6-10-15)19(25)12-11-16(24)13-17(19)14-7-3-1-4-8-14/h1-11,13,18H,12,24-25H2. The highest BCUT2D eigenvalue weighted by Crippen LogP contribution is 2.49. The zero-order chi connectivity index (χ0) is 18.1. The molecule has 5 heteroatoms. The van der Waals surface area contributed by atoms with E-state index in [4.69, 9.17) is 11.5 Å². The number of rotatable bonds is 3. The molecule has 2 nitrogen and oxygen atoms in total. The minimum atomic E-state index is -4.50. The topological polar surface area (TPSA) is 52.0 Å². The monoisotopic (exact) mass is 344 g/mol. The number of hydrogen-bond donors (Lipinski definition) is 2. The molecule has 0 amide bonds. The Morgan fingerprint density at radius 1 is 0.920 bits per heavy atom. The lowest BCUT2D eigenvalue weighted by Crippen LogP contribution is -2.53. The van der Waals surface area contributed by atoms with Crippen LogP contribution in [0.2, 0.25) is 0 Å². The summed E-state index contributed by atoms with van der Waals surface area (Å²) >= 11 is 0. The molecular formula is C20H19F3N2. The maximum atomic E-state index is 14.1. The first-order valence-corrected chi connectivity index (χ1v) is 7.96. The van der Waals surface area contributed by atoms with Crippen LogP contribution in [0.1, 0.15) is 23.5 Å². The Morgan fingerprint density at radius 2 is 1.48 bits per heavy atom. The Morgan fingerprint density at radius 3 is 2.04 bits per heavy atom. The summed E-state index contributed by atoms with van der Waals surface area (Å²) in [4.78, 5) is 0. The van der Waals surface area contributed by atoms with Crippen LogP contribution >= 0.6 is 0 Å². The molecule has 2 aromatic carbocycles. The highest BCUT2D eigenvalue weighted by Gasteiger charge is 2.54. The molecule has 0 aliphatic heterocycles. The number of hydrogen-bond acceptors (Lipinski definition) is 2. The Bertz CT molecular complexity index is 795. The van der Waals surface area contributed by atoms with Crippen molar-refractivity contribution in [3.8, 4) is 0 Å². The van der Waals surface area contributed by atoms with Gasteiger partial charge in [-0.15, -0.1) is 0 Å². The lowest BCUT2D eigenvalue weighted by molar-refractivity contribution is -0.160. The molecule has 130 valence electrons. The second-order valence-corrected chi connectivity index (χ2v) is 6.26. The number of halogens is 3. The molecule has 0 heterocycles. The predicted molar refractivity (Wildman–Crippen MR) is 93.5 cm³/mol. The maximum absolute atomic E-state index is 14.1.